The second-order valence-corrected chi connectivity index (χ2v) is 9.30. The van der Waals surface area contributed by atoms with E-state index in [9.17, 15) is 0 Å². The van der Waals surface area contributed by atoms with E-state index in [0.29, 0.717) is 13.4 Å². The highest BCUT2D eigenvalue weighted by molar-refractivity contribution is 7.26. The molecule has 0 spiro atoms. The quantitative estimate of drug-likeness (QED) is 0.250. The van der Waals surface area contributed by atoms with Crippen molar-refractivity contribution in [2.24, 2.45) is 0 Å². The molecular formula is C30H21BNO2S. The lowest BCUT2D eigenvalue weighted by atomic mass is 10.0. The summed E-state index contributed by atoms with van der Waals surface area (Å²) < 4.78 is 7.67. The zero-order valence-corrected chi connectivity index (χ0v) is 19.7. The molecule has 0 bridgehead atoms. The summed E-state index contributed by atoms with van der Waals surface area (Å²) in [5, 5.41) is 11.5. The Bertz CT molecular complexity index is 1600. The normalized spacial score (nSPS) is 11.0. The second-order valence-electron chi connectivity index (χ2n) is 8.21. The first-order chi connectivity index (χ1) is 17.3. The molecule has 5 heteroatoms. The highest BCUT2D eigenvalue weighted by atomic mass is 32.1. The van der Waals surface area contributed by atoms with Crippen molar-refractivity contribution >= 4 is 56.3 Å². The van der Waals surface area contributed by atoms with E-state index < -0.39 is 0 Å². The minimum atomic E-state index is 0.579. The molecule has 35 heavy (non-hydrogen) atoms. The van der Waals surface area contributed by atoms with Crippen molar-refractivity contribution in [3.05, 3.63) is 121 Å². The van der Waals surface area contributed by atoms with Crippen LogP contribution in [0.1, 0.15) is 0 Å². The van der Waals surface area contributed by atoms with Crippen molar-refractivity contribution in [1.82, 2.24) is 0 Å². The average Bonchev–Trinajstić information content (AvgIpc) is 3.30. The van der Waals surface area contributed by atoms with Crippen LogP contribution in [0.25, 0.3) is 31.3 Å². The Morgan fingerprint density at radius 1 is 0.600 bits per heavy atom. The SMILES string of the molecule is O[B]Oc1ccc(N(c2ccc(-c3ccccc3)cc2)c2cccc3sc4ccccc4c23)cc1. The zero-order valence-electron chi connectivity index (χ0n) is 18.8. The van der Waals surface area contributed by atoms with Crippen LogP contribution >= 0.6 is 11.3 Å². The van der Waals surface area contributed by atoms with E-state index in [1.165, 1.54) is 31.3 Å². The van der Waals surface area contributed by atoms with Gasteiger partial charge in [0, 0.05) is 31.5 Å². The van der Waals surface area contributed by atoms with Crippen LogP contribution in [0.15, 0.2) is 121 Å². The number of hydrogen-bond acceptors (Lipinski definition) is 4. The third-order valence-corrected chi connectivity index (χ3v) is 7.27. The minimum absolute atomic E-state index is 0.579. The van der Waals surface area contributed by atoms with Gasteiger partial charge in [-0.3, -0.25) is 0 Å². The van der Waals surface area contributed by atoms with Gasteiger partial charge in [0.05, 0.1) is 5.69 Å². The average molecular weight is 470 g/mol. The van der Waals surface area contributed by atoms with Crippen LogP contribution in [-0.2, 0) is 0 Å². The minimum Gasteiger partial charge on any atom is -0.537 e. The van der Waals surface area contributed by atoms with Crippen LogP contribution in [0.3, 0.4) is 0 Å². The summed E-state index contributed by atoms with van der Waals surface area (Å²) in [6.07, 6.45) is 0. The predicted molar refractivity (Wildman–Crippen MR) is 148 cm³/mol. The highest BCUT2D eigenvalue weighted by Gasteiger charge is 2.18. The lowest BCUT2D eigenvalue weighted by Gasteiger charge is -2.27. The van der Waals surface area contributed by atoms with E-state index in [4.69, 9.17) is 9.68 Å². The fraction of sp³-hybridized carbons (Fsp3) is 0. The van der Waals surface area contributed by atoms with Gasteiger partial charge in [-0.15, -0.1) is 11.3 Å². The van der Waals surface area contributed by atoms with Crippen molar-refractivity contribution in [3.63, 3.8) is 0 Å². The van der Waals surface area contributed by atoms with Crippen molar-refractivity contribution in [3.8, 4) is 16.9 Å². The van der Waals surface area contributed by atoms with Crippen LogP contribution in [0, 0.1) is 0 Å². The van der Waals surface area contributed by atoms with Gasteiger partial charge in [-0.2, -0.15) is 0 Å². The van der Waals surface area contributed by atoms with Gasteiger partial charge in [-0.25, -0.2) is 0 Å². The summed E-state index contributed by atoms with van der Waals surface area (Å²) in [7, 11) is 0.702. The fourth-order valence-electron chi connectivity index (χ4n) is 4.54. The van der Waals surface area contributed by atoms with E-state index >= 15 is 0 Å². The summed E-state index contributed by atoms with van der Waals surface area (Å²) in [4.78, 5) is 2.28. The molecule has 5 aromatic carbocycles. The molecule has 0 amide bonds. The summed E-state index contributed by atoms with van der Waals surface area (Å²) in [6.45, 7) is 0. The third kappa shape index (κ3) is 4.05. The number of thiophene rings is 1. The molecule has 6 aromatic rings. The summed E-state index contributed by atoms with van der Waals surface area (Å²) in [6, 6.07) is 41.9. The van der Waals surface area contributed by atoms with Crippen LogP contribution < -0.4 is 9.55 Å². The predicted octanol–water partition coefficient (Wildman–Crippen LogP) is 8.10. The molecule has 1 heterocycles. The largest absolute Gasteiger partial charge is 0.569 e. The Balaban J connectivity index is 1.53. The topological polar surface area (TPSA) is 32.7 Å². The van der Waals surface area contributed by atoms with Crippen molar-refractivity contribution in [2.45, 2.75) is 0 Å². The highest BCUT2D eigenvalue weighted by Crippen LogP contribution is 2.45. The van der Waals surface area contributed by atoms with Crippen LogP contribution in [0.4, 0.5) is 17.1 Å². The number of hydrogen-bond donors (Lipinski definition) is 1. The molecule has 6 rings (SSSR count). The molecule has 0 aliphatic carbocycles. The molecule has 3 nitrogen and oxygen atoms in total. The van der Waals surface area contributed by atoms with Crippen molar-refractivity contribution in [1.29, 1.82) is 0 Å². The third-order valence-electron chi connectivity index (χ3n) is 6.14. The van der Waals surface area contributed by atoms with Crippen molar-refractivity contribution in [2.75, 3.05) is 4.90 Å². The van der Waals surface area contributed by atoms with Gasteiger partial charge in [0.2, 0.25) is 0 Å². The monoisotopic (exact) mass is 470 g/mol. The van der Waals surface area contributed by atoms with Crippen molar-refractivity contribution < 1.29 is 9.68 Å². The molecule has 0 aliphatic rings. The van der Waals surface area contributed by atoms with Gasteiger partial charge >= 0.3 is 7.69 Å². The lowest BCUT2D eigenvalue weighted by molar-refractivity contribution is 0.454. The Kier molecular flexibility index (Phi) is 5.71. The van der Waals surface area contributed by atoms with Gasteiger partial charge in [0.15, 0.2) is 0 Å². The van der Waals surface area contributed by atoms with Crippen LogP contribution in [0.2, 0.25) is 0 Å². The Morgan fingerprint density at radius 3 is 1.97 bits per heavy atom. The first kappa shape index (κ1) is 21.5. The zero-order chi connectivity index (χ0) is 23.6. The lowest BCUT2D eigenvalue weighted by Crippen LogP contribution is -2.10. The van der Waals surface area contributed by atoms with E-state index in [2.05, 4.69) is 95.9 Å². The maximum Gasteiger partial charge on any atom is 0.569 e. The maximum absolute atomic E-state index is 9.01. The number of fused-ring (bicyclic) bond motifs is 3. The molecule has 0 saturated heterocycles. The van der Waals surface area contributed by atoms with E-state index in [-0.39, 0.29) is 0 Å². The van der Waals surface area contributed by atoms with Gasteiger partial charge < -0.3 is 14.6 Å². The number of anilines is 3. The van der Waals surface area contributed by atoms with Gasteiger partial charge in [-0.05, 0) is 65.7 Å². The van der Waals surface area contributed by atoms with Gasteiger partial charge in [0.25, 0.3) is 0 Å². The fourth-order valence-corrected chi connectivity index (χ4v) is 5.66. The first-order valence-corrected chi connectivity index (χ1v) is 12.2. The van der Waals surface area contributed by atoms with Crippen LogP contribution in [-0.4, -0.2) is 12.7 Å². The Labute approximate surface area is 208 Å². The Morgan fingerprint density at radius 2 is 1.23 bits per heavy atom. The molecule has 1 N–H and O–H groups in total. The number of rotatable bonds is 6. The van der Waals surface area contributed by atoms with Gasteiger partial charge in [-0.1, -0.05) is 66.7 Å². The Hall–Kier alpha value is -4.06. The molecule has 1 aromatic heterocycles. The molecule has 0 unspecified atom stereocenters. The van der Waals surface area contributed by atoms with E-state index in [1.807, 2.05) is 41.7 Å². The molecule has 0 atom stereocenters. The maximum atomic E-state index is 9.01. The number of benzene rings is 5. The first-order valence-electron chi connectivity index (χ1n) is 11.4. The van der Waals surface area contributed by atoms with Gasteiger partial charge in [0.1, 0.15) is 5.75 Å². The standard InChI is InChI=1S/C30H21BNO2S/c33-31-34-25-19-17-24(18-20-25)32(23-15-13-22(14-16-23)21-7-2-1-3-8-21)27-10-6-12-29-30(27)26-9-4-5-11-28(26)35-29/h1-20,33H. The molecule has 167 valence electrons. The smallest absolute Gasteiger partial charge is 0.537 e. The number of nitrogens with zero attached hydrogens (tertiary/aromatic N) is 1. The van der Waals surface area contributed by atoms with E-state index in [0.717, 1.165) is 17.1 Å². The summed E-state index contributed by atoms with van der Waals surface area (Å²) in [5.41, 5.74) is 5.56. The van der Waals surface area contributed by atoms with E-state index in [1.54, 1.807) is 0 Å². The molecule has 0 saturated carbocycles. The summed E-state index contributed by atoms with van der Waals surface area (Å²) >= 11 is 1.81. The molecule has 0 fully saturated rings. The summed E-state index contributed by atoms with van der Waals surface area (Å²) in [5.74, 6) is 0.579. The molecule has 1 radical (unpaired) electrons. The van der Waals surface area contributed by atoms with Crippen LogP contribution in [0.5, 0.6) is 5.75 Å². The second kappa shape index (κ2) is 9.30. The molecular weight excluding hydrogens is 449 g/mol. The molecule has 0 aliphatic heterocycles.